The third-order valence-corrected chi connectivity index (χ3v) is 4.63. The number of nitrogens with one attached hydrogen (secondary N) is 2. The number of rotatable bonds is 4. The van der Waals surface area contributed by atoms with Gasteiger partial charge >= 0.3 is 6.03 Å². The number of amides is 2. The first-order valence-corrected chi connectivity index (χ1v) is 8.39. The van der Waals surface area contributed by atoms with Crippen LogP contribution in [0.3, 0.4) is 0 Å². The number of nitro groups is 1. The van der Waals surface area contributed by atoms with Gasteiger partial charge in [0.1, 0.15) is 0 Å². The first kappa shape index (κ1) is 17.7. The number of hydrogen-bond acceptors (Lipinski definition) is 5. The van der Waals surface area contributed by atoms with Crippen molar-refractivity contribution >= 4 is 39.0 Å². The molecule has 2 aromatic rings. The molecule has 2 amide bonds. The number of halogens is 1. The minimum atomic E-state index is -4.04. The molecule has 0 atom stereocenters. The quantitative estimate of drug-likeness (QED) is 0.634. The van der Waals surface area contributed by atoms with Gasteiger partial charge in [0.25, 0.3) is 15.7 Å². The summed E-state index contributed by atoms with van der Waals surface area (Å²) in [6.07, 6.45) is 0. The molecule has 2 rings (SSSR count). The monoisotopic (exact) mass is 369 g/mol. The van der Waals surface area contributed by atoms with Crippen molar-refractivity contribution in [2.75, 3.05) is 5.32 Å². The number of aryl methyl sites for hydroxylation is 1. The van der Waals surface area contributed by atoms with Gasteiger partial charge in [-0.3, -0.25) is 10.1 Å². The van der Waals surface area contributed by atoms with Gasteiger partial charge in [-0.25, -0.2) is 17.9 Å². The maximum atomic E-state index is 12.1. The average molecular weight is 370 g/mol. The SMILES string of the molecule is Cc1ccc(S(=O)(=O)NC(=O)Nc2ccc([N+](=O)[O-])cc2Cl)cc1. The van der Waals surface area contributed by atoms with E-state index in [1.807, 2.05) is 4.72 Å². The molecule has 0 aliphatic carbocycles. The Morgan fingerprint density at radius 2 is 1.79 bits per heavy atom. The number of benzene rings is 2. The second-order valence-electron chi connectivity index (χ2n) is 4.79. The molecule has 0 aromatic heterocycles. The van der Waals surface area contributed by atoms with Crippen molar-refractivity contribution in [2.45, 2.75) is 11.8 Å². The van der Waals surface area contributed by atoms with E-state index in [0.717, 1.165) is 17.7 Å². The van der Waals surface area contributed by atoms with Crippen molar-refractivity contribution in [1.82, 2.24) is 4.72 Å². The molecule has 0 saturated carbocycles. The third-order valence-electron chi connectivity index (χ3n) is 2.97. The summed E-state index contributed by atoms with van der Waals surface area (Å²) in [5.74, 6) is 0. The Labute approximate surface area is 142 Å². The lowest BCUT2D eigenvalue weighted by molar-refractivity contribution is -0.384. The summed E-state index contributed by atoms with van der Waals surface area (Å²) >= 11 is 5.83. The number of urea groups is 1. The van der Waals surface area contributed by atoms with Gasteiger partial charge in [0, 0.05) is 12.1 Å². The van der Waals surface area contributed by atoms with Crippen LogP contribution in [-0.2, 0) is 10.0 Å². The van der Waals surface area contributed by atoms with Crippen LogP contribution in [0, 0.1) is 17.0 Å². The van der Waals surface area contributed by atoms with E-state index in [-0.39, 0.29) is 21.3 Å². The minimum absolute atomic E-state index is 0.0406. The molecule has 0 unspecified atom stereocenters. The Kier molecular flexibility index (Phi) is 5.05. The fraction of sp³-hybridized carbons (Fsp3) is 0.0714. The number of hydrogen-bond donors (Lipinski definition) is 2. The van der Waals surface area contributed by atoms with Crippen LogP contribution in [0.2, 0.25) is 5.02 Å². The Morgan fingerprint density at radius 1 is 1.17 bits per heavy atom. The van der Waals surface area contributed by atoms with E-state index >= 15 is 0 Å². The molecule has 0 saturated heterocycles. The highest BCUT2D eigenvalue weighted by Crippen LogP contribution is 2.26. The zero-order valence-corrected chi connectivity index (χ0v) is 13.9. The van der Waals surface area contributed by atoms with Gasteiger partial charge in [-0.05, 0) is 25.1 Å². The molecule has 0 heterocycles. The molecule has 0 spiro atoms. The van der Waals surface area contributed by atoms with Crippen LogP contribution < -0.4 is 10.0 Å². The average Bonchev–Trinajstić information content (AvgIpc) is 2.49. The fourth-order valence-corrected chi connectivity index (χ4v) is 2.89. The molecular weight excluding hydrogens is 358 g/mol. The second-order valence-corrected chi connectivity index (χ2v) is 6.88. The molecule has 2 aromatic carbocycles. The summed E-state index contributed by atoms with van der Waals surface area (Å²) in [5, 5.41) is 12.8. The number of carbonyl (C=O) groups is 1. The summed E-state index contributed by atoms with van der Waals surface area (Å²) in [7, 11) is -4.04. The Hall–Kier alpha value is -2.65. The lowest BCUT2D eigenvalue weighted by Crippen LogP contribution is -2.34. The van der Waals surface area contributed by atoms with Crippen LogP contribution in [0.25, 0.3) is 0 Å². The third kappa shape index (κ3) is 4.21. The van der Waals surface area contributed by atoms with E-state index in [1.54, 1.807) is 19.1 Å². The number of anilines is 1. The van der Waals surface area contributed by atoms with Crippen molar-refractivity contribution < 1.29 is 18.1 Å². The lowest BCUT2D eigenvalue weighted by Gasteiger charge is -2.10. The Balaban J connectivity index is 2.13. The van der Waals surface area contributed by atoms with Gasteiger partial charge in [-0.2, -0.15) is 0 Å². The molecule has 0 aliphatic rings. The van der Waals surface area contributed by atoms with Crippen LogP contribution in [0.4, 0.5) is 16.2 Å². The van der Waals surface area contributed by atoms with Gasteiger partial charge in [0.2, 0.25) is 0 Å². The normalized spacial score (nSPS) is 10.9. The largest absolute Gasteiger partial charge is 0.333 e. The first-order chi connectivity index (χ1) is 11.2. The summed E-state index contributed by atoms with van der Waals surface area (Å²) < 4.78 is 26.0. The zero-order chi connectivity index (χ0) is 17.9. The van der Waals surface area contributed by atoms with Gasteiger partial charge < -0.3 is 5.32 Å². The highest BCUT2D eigenvalue weighted by molar-refractivity contribution is 7.90. The highest BCUT2D eigenvalue weighted by atomic mass is 35.5. The van der Waals surface area contributed by atoms with Crippen molar-refractivity contribution in [3.8, 4) is 0 Å². The number of non-ortho nitro benzene ring substituents is 1. The van der Waals surface area contributed by atoms with E-state index in [2.05, 4.69) is 5.32 Å². The van der Waals surface area contributed by atoms with Crippen LogP contribution in [0.1, 0.15) is 5.56 Å². The van der Waals surface area contributed by atoms with Gasteiger partial charge in [-0.1, -0.05) is 29.3 Å². The van der Waals surface area contributed by atoms with Crippen molar-refractivity contribution in [1.29, 1.82) is 0 Å². The number of sulfonamides is 1. The molecule has 0 radical (unpaired) electrons. The predicted octanol–water partition coefficient (Wildman–Crippen LogP) is 3.07. The van der Waals surface area contributed by atoms with Crippen molar-refractivity contribution in [2.24, 2.45) is 0 Å². The Bertz CT molecular complexity index is 897. The molecule has 126 valence electrons. The maximum Gasteiger partial charge on any atom is 0.333 e. The molecule has 10 heteroatoms. The van der Waals surface area contributed by atoms with E-state index in [1.165, 1.54) is 18.2 Å². The van der Waals surface area contributed by atoms with E-state index in [4.69, 9.17) is 11.6 Å². The summed E-state index contributed by atoms with van der Waals surface area (Å²) in [4.78, 5) is 21.8. The molecule has 8 nitrogen and oxygen atoms in total. The van der Waals surface area contributed by atoms with Crippen LogP contribution in [0.5, 0.6) is 0 Å². The minimum Gasteiger partial charge on any atom is -0.306 e. The van der Waals surface area contributed by atoms with Crippen LogP contribution >= 0.6 is 11.6 Å². The standard InChI is InChI=1S/C14H12ClN3O5S/c1-9-2-5-11(6-3-9)24(22,23)17-14(19)16-13-7-4-10(18(20)21)8-12(13)15/h2-8H,1H3,(H2,16,17,19). The summed E-state index contributed by atoms with van der Waals surface area (Å²) in [5.41, 5.74) is 0.660. The molecule has 0 bridgehead atoms. The summed E-state index contributed by atoms with van der Waals surface area (Å²) in [6, 6.07) is 8.28. The summed E-state index contributed by atoms with van der Waals surface area (Å²) in [6.45, 7) is 1.80. The Morgan fingerprint density at radius 3 is 2.33 bits per heavy atom. The van der Waals surface area contributed by atoms with Crippen LogP contribution in [-0.4, -0.2) is 19.4 Å². The molecule has 24 heavy (non-hydrogen) atoms. The number of nitrogens with zero attached hydrogens (tertiary/aromatic N) is 1. The maximum absolute atomic E-state index is 12.1. The van der Waals surface area contributed by atoms with Gasteiger partial charge in [-0.15, -0.1) is 0 Å². The van der Waals surface area contributed by atoms with E-state index in [9.17, 15) is 23.3 Å². The van der Waals surface area contributed by atoms with Gasteiger partial charge in [0.15, 0.2) is 0 Å². The van der Waals surface area contributed by atoms with Crippen molar-refractivity contribution in [3.05, 3.63) is 63.2 Å². The first-order valence-electron chi connectivity index (χ1n) is 6.53. The topological polar surface area (TPSA) is 118 Å². The van der Waals surface area contributed by atoms with E-state index < -0.39 is 21.0 Å². The molecule has 0 aliphatic heterocycles. The van der Waals surface area contributed by atoms with Crippen LogP contribution in [0.15, 0.2) is 47.4 Å². The molecule has 2 N–H and O–H groups in total. The predicted molar refractivity (Wildman–Crippen MR) is 88.6 cm³/mol. The number of carbonyl (C=O) groups excluding carboxylic acids is 1. The lowest BCUT2D eigenvalue weighted by atomic mass is 10.2. The zero-order valence-electron chi connectivity index (χ0n) is 12.3. The second kappa shape index (κ2) is 6.85. The molecule has 0 fully saturated rings. The molecular formula is C14H12ClN3O5S. The van der Waals surface area contributed by atoms with E-state index in [0.29, 0.717) is 0 Å². The number of nitro benzene ring substituents is 1. The smallest absolute Gasteiger partial charge is 0.306 e. The fourth-order valence-electron chi connectivity index (χ4n) is 1.77. The highest BCUT2D eigenvalue weighted by Gasteiger charge is 2.18. The van der Waals surface area contributed by atoms with Crippen molar-refractivity contribution in [3.63, 3.8) is 0 Å². The van der Waals surface area contributed by atoms with Gasteiger partial charge in [0.05, 0.1) is 20.5 Å².